The molecule has 0 aliphatic carbocycles. The smallest absolute Gasteiger partial charge is 0.0781 e. The minimum absolute atomic E-state index is 0.0915. The molecule has 0 saturated carbocycles. The molecule has 0 bridgehead atoms. The third-order valence-corrected chi connectivity index (χ3v) is 1.49. The van der Waals surface area contributed by atoms with E-state index in [4.69, 9.17) is 19.3 Å². The molecule has 0 saturated heterocycles. The summed E-state index contributed by atoms with van der Waals surface area (Å²) in [5, 5.41) is 8.48. The summed E-state index contributed by atoms with van der Waals surface area (Å²) in [6.07, 6.45) is 0.777. The number of aliphatic hydroxyl groups excluding tert-OH is 1. The van der Waals surface area contributed by atoms with Crippen molar-refractivity contribution in [2.75, 3.05) is 40.1 Å². The van der Waals surface area contributed by atoms with Gasteiger partial charge in [-0.15, -0.1) is 0 Å². The summed E-state index contributed by atoms with van der Waals surface area (Å²) in [7, 11) is 1.64. The molecule has 1 unspecified atom stereocenters. The Hall–Kier alpha value is -0.160. The topological polar surface area (TPSA) is 47.9 Å². The second-order valence-corrected chi connectivity index (χ2v) is 2.83. The SMILES string of the molecule is COCCOC(C)COCCCO. The van der Waals surface area contributed by atoms with E-state index in [1.165, 1.54) is 0 Å². The lowest BCUT2D eigenvalue weighted by Gasteiger charge is -2.12. The molecule has 0 aliphatic rings. The average molecular weight is 192 g/mol. The van der Waals surface area contributed by atoms with Gasteiger partial charge in [0.1, 0.15) is 0 Å². The predicted molar refractivity (Wildman–Crippen MR) is 49.8 cm³/mol. The maximum absolute atomic E-state index is 8.48. The van der Waals surface area contributed by atoms with Crippen molar-refractivity contribution in [1.82, 2.24) is 0 Å². The van der Waals surface area contributed by atoms with Crippen LogP contribution in [0.4, 0.5) is 0 Å². The molecule has 0 spiro atoms. The number of hydrogen-bond acceptors (Lipinski definition) is 4. The minimum atomic E-state index is 0.0915. The van der Waals surface area contributed by atoms with E-state index < -0.39 is 0 Å². The fraction of sp³-hybridized carbons (Fsp3) is 1.00. The number of hydrogen-bond donors (Lipinski definition) is 1. The molecular formula is C9H20O4. The van der Waals surface area contributed by atoms with Crippen molar-refractivity contribution in [2.45, 2.75) is 19.4 Å². The summed E-state index contributed by atoms with van der Waals surface area (Å²) in [6.45, 7) is 4.51. The van der Waals surface area contributed by atoms with Crippen molar-refractivity contribution < 1.29 is 19.3 Å². The van der Waals surface area contributed by atoms with Crippen LogP contribution in [-0.2, 0) is 14.2 Å². The molecule has 0 aromatic heterocycles. The second kappa shape index (κ2) is 9.92. The van der Waals surface area contributed by atoms with E-state index in [1.54, 1.807) is 7.11 Å². The van der Waals surface area contributed by atoms with Gasteiger partial charge in [0, 0.05) is 20.3 Å². The quantitative estimate of drug-likeness (QED) is 0.538. The van der Waals surface area contributed by atoms with Gasteiger partial charge in [-0.1, -0.05) is 0 Å². The van der Waals surface area contributed by atoms with Crippen LogP contribution < -0.4 is 0 Å². The molecule has 4 nitrogen and oxygen atoms in total. The van der Waals surface area contributed by atoms with Gasteiger partial charge >= 0.3 is 0 Å². The normalized spacial score (nSPS) is 13.2. The van der Waals surface area contributed by atoms with Crippen molar-refractivity contribution >= 4 is 0 Å². The van der Waals surface area contributed by atoms with Crippen LogP contribution in [0.1, 0.15) is 13.3 Å². The van der Waals surface area contributed by atoms with Gasteiger partial charge in [-0.25, -0.2) is 0 Å². The first-order valence-corrected chi connectivity index (χ1v) is 4.60. The largest absolute Gasteiger partial charge is 0.396 e. The van der Waals surface area contributed by atoms with E-state index in [-0.39, 0.29) is 12.7 Å². The van der Waals surface area contributed by atoms with Gasteiger partial charge in [-0.05, 0) is 13.3 Å². The van der Waals surface area contributed by atoms with Crippen LogP contribution in [0.5, 0.6) is 0 Å². The summed E-state index contributed by atoms with van der Waals surface area (Å²) >= 11 is 0. The monoisotopic (exact) mass is 192 g/mol. The van der Waals surface area contributed by atoms with Gasteiger partial charge in [0.15, 0.2) is 0 Å². The standard InChI is InChI=1S/C9H20O4/c1-9(13-7-6-11-2)8-12-5-3-4-10/h9-10H,3-8H2,1-2H3. The Labute approximate surface area is 79.8 Å². The molecule has 0 heterocycles. The highest BCUT2D eigenvalue weighted by Gasteiger charge is 2.00. The van der Waals surface area contributed by atoms with E-state index in [1.807, 2.05) is 6.92 Å². The zero-order valence-corrected chi connectivity index (χ0v) is 8.49. The maximum atomic E-state index is 8.48. The molecule has 4 heteroatoms. The van der Waals surface area contributed by atoms with Gasteiger partial charge < -0.3 is 19.3 Å². The van der Waals surface area contributed by atoms with Crippen LogP contribution in [0.15, 0.2) is 0 Å². The first kappa shape index (κ1) is 12.8. The van der Waals surface area contributed by atoms with E-state index >= 15 is 0 Å². The fourth-order valence-electron chi connectivity index (χ4n) is 0.797. The highest BCUT2D eigenvalue weighted by atomic mass is 16.5. The van der Waals surface area contributed by atoms with Gasteiger partial charge in [0.05, 0.1) is 25.9 Å². The van der Waals surface area contributed by atoms with Crippen LogP contribution in [-0.4, -0.2) is 51.4 Å². The fourth-order valence-corrected chi connectivity index (χ4v) is 0.797. The number of rotatable bonds is 9. The Morgan fingerprint density at radius 1 is 1.23 bits per heavy atom. The van der Waals surface area contributed by atoms with E-state index in [0.717, 1.165) is 0 Å². The third kappa shape index (κ3) is 9.76. The lowest BCUT2D eigenvalue weighted by Crippen LogP contribution is -2.18. The first-order chi connectivity index (χ1) is 6.31. The highest BCUT2D eigenvalue weighted by Crippen LogP contribution is 1.92. The lowest BCUT2D eigenvalue weighted by molar-refractivity contribution is -0.0254. The Bertz CT molecular complexity index is 97.6. The van der Waals surface area contributed by atoms with Gasteiger partial charge in [-0.3, -0.25) is 0 Å². The molecule has 0 radical (unpaired) electrons. The Kier molecular flexibility index (Phi) is 9.80. The minimum Gasteiger partial charge on any atom is -0.396 e. The summed E-state index contributed by atoms with van der Waals surface area (Å²) in [5.41, 5.74) is 0. The first-order valence-electron chi connectivity index (χ1n) is 4.60. The molecule has 80 valence electrons. The second-order valence-electron chi connectivity index (χ2n) is 2.83. The van der Waals surface area contributed by atoms with Crippen LogP contribution in [0.2, 0.25) is 0 Å². The van der Waals surface area contributed by atoms with Gasteiger partial charge in [0.25, 0.3) is 0 Å². The van der Waals surface area contributed by atoms with Crippen LogP contribution in [0, 0.1) is 0 Å². The highest BCUT2D eigenvalue weighted by molar-refractivity contribution is 4.47. The van der Waals surface area contributed by atoms with Crippen LogP contribution in [0.3, 0.4) is 0 Å². The zero-order chi connectivity index (χ0) is 9.94. The lowest BCUT2D eigenvalue weighted by atomic mass is 10.4. The summed E-state index contributed by atoms with van der Waals surface area (Å²) in [6, 6.07) is 0. The zero-order valence-electron chi connectivity index (χ0n) is 8.49. The van der Waals surface area contributed by atoms with Crippen molar-refractivity contribution in [2.24, 2.45) is 0 Å². The van der Waals surface area contributed by atoms with Crippen LogP contribution >= 0.6 is 0 Å². The van der Waals surface area contributed by atoms with Crippen molar-refractivity contribution in [3.8, 4) is 0 Å². The summed E-state index contributed by atoms with van der Waals surface area (Å²) in [5.74, 6) is 0. The molecule has 0 amide bonds. The van der Waals surface area contributed by atoms with Gasteiger partial charge in [0.2, 0.25) is 0 Å². The number of methoxy groups -OCH3 is 1. The van der Waals surface area contributed by atoms with E-state index in [9.17, 15) is 0 Å². The Morgan fingerprint density at radius 3 is 2.62 bits per heavy atom. The molecule has 0 aromatic carbocycles. The molecule has 0 aliphatic heterocycles. The number of ether oxygens (including phenoxy) is 3. The van der Waals surface area contributed by atoms with Crippen molar-refractivity contribution in [3.63, 3.8) is 0 Å². The molecule has 1 N–H and O–H groups in total. The molecule has 0 fully saturated rings. The summed E-state index contributed by atoms with van der Waals surface area (Å²) in [4.78, 5) is 0. The Balaban J connectivity index is 3.05. The molecule has 1 atom stereocenters. The molecular weight excluding hydrogens is 172 g/mol. The molecule has 13 heavy (non-hydrogen) atoms. The van der Waals surface area contributed by atoms with E-state index in [0.29, 0.717) is 32.8 Å². The maximum Gasteiger partial charge on any atom is 0.0781 e. The summed E-state index contributed by atoms with van der Waals surface area (Å²) < 4.78 is 15.4. The third-order valence-electron chi connectivity index (χ3n) is 1.49. The van der Waals surface area contributed by atoms with Crippen molar-refractivity contribution in [3.05, 3.63) is 0 Å². The van der Waals surface area contributed by atoms with Crippen molar-refractivity contribution in [1.29, 1.82) is 0 Å². The molecule has 0 aromatic rings. The van der Waals surface area contributed by atoms with Gasteiger partial charge in [-0.2, -0.15) is 0 Å². The number of aliphatic hydroxyl groups is 1. The van der Waals surface area contributed by atoms with E-state index in [2.05, 4.69) is 0 Å². The Morgan fingerprint density at radius 2 is 2.00 bits per heavy atom. The average Bonchev–Trinajstić information content (AvgIpc) is 2.13. The predicted octanol–water partition coefficient (Wildman–Crippen LogP) is 0.437. The van der Waals surface area contributed by atoms with Crippen LogP contribution in [0.25, 0.3) is 0 Å². The molecule has 0 rings (SSSR count).